The Morgan fingerprint density at radius 1 is 1.33 bits per heavy atom. The fourth-order valence-electron chi connectivity index (χ4n) is 1.26. The van der Waals surface area contributed by atoms with E-state index in [0.717, 1.165) is 12.2 Å². The number of aliphatic hydroxyl groups excluding tert-OH is 1. The Kier molecular flexibility index (Phi) is 4.43. The highest BCUT2D eigenvalue weighted by Gasteiger charge is 2.06. The maximum atomic E-state index is 9.11. The zero-order chi connectivity index (χ0) is 11.3. The molecule has 0 fully saturated rings. The summed E-state index contributed by atoms with van der Waals surface area (Å²) in [6, 6.07) is 5.83. The van der Waals surface area contributed by atoms with Gasteiger partial charge >= 0.3 is 0 Å². The van der Waals surface area contributed by atoms with Crippen molar-refractivity contribution in [1.82, 2.24) is 0 Å². The van der Waals surface area contributed by atoms with E-state index in [1.165, 1.54) is 5.56 Å². The van der Waals surface area contributed by atoms with Gasteiger partial charge in [0.25, 0.3) is 0 Å². The van der Waals surface area contributed by atoms with Crippen LogP contribution in [-0.4, -0.2) is 24.9 Å². The van der Waals surface area contributed by atoms with Crippen LogP contribution >= 0.6 is 0 Å². The van der Waals surface area contributed by atoms with Crippen molar-refractivity contribution in [2.75, 3.05) is 13.7 Å². The number of rotatable bonds is 5. The van der Waals surface area contributed by atoms with Crippen LogP contribution in [0, 0.1) is 0 Å². The van der Waals surface area contributed by atoms with Crippen molar-refractivity contribution in [2.45, 2.75) is 26.4 Å². The van der Waals surface area contributed by atoms with Crippen molar-refractivity contribution >= 4 is 0 Å². The molecule has 0 unspecified atom stereocenters. The average Bonchev–Trinajstić information content (AvgIpc) is 2.25. The minimum absolute atomic E-state index is 0.280. The maximum absolute atomic E-state index is 9.11. The molecule has 0 aliphatic heterocycles. The number of hydrogen-bond donors (Lipinski definition) is 1. The second kappa shape index (κ2) is 5.61. The topological polar surface area (TPSA) is 38.7 Å². The van der Waals surface area contributed by atoms with Crippen LogP contribution in [0.2, 0.25) is 0 Å². The van der Waals surface area contributed by atoms with Crippen molar-refractivity contribution < 1.29 is 14.6 Å². The van der Waals surface area contributed by atoms with Gasteiger partial charge in [-0.05, 0) is 31.0 Å². The third-order valence-corrected chi connectivity index (χ3v) is 2.12. The van der Waals surface area contributed by atoms with Crippen molar-refractivity contribution in [3.8, 4) is 11.5 Å². The first-order valence-electron chi connectivity index (χ1n) is 5.15. The second-order valence-electron chi connectivity index (χ2n) is 3.50. The van der Waals surface area contributed by atoms with Crippen molar-refractivity contribution in [3.63, 3.8) is 0 Å². The lowest BCUT2D eigenvalue weighted by atomic mass is 10.1. The molecule has 1 rings (SSSR count). The third-order valence-electron chi connectivity index (χ3n) is 2.12. The fraction of sp³-hybridized carbons (Fsp3) is 0.500. The van der Waals surface area contributed by atoms with Crippen LogP contribution < -0.4 is 9.47 Å². The van der Waals surface area contributed by atoms with Gasteiger partial charge < -0.3 is 14.6 Å². The summed E-state index contributed by atoms with van der Waals surface area (Å²) in [6.45, 7) is 4.06. The molecule has 1 N–H and O–H groups in total. The molecule has 0 spiro atoms. The molecule has 1 aromatic carbocycles. The minimum Gasteiger partial charge on any atom is -0.493 e. The van der Waals surface area contributed by atoms with Crippen LogP contribution in [0.15, 0.2) is 18.2 Å². The summed E-state index contributed by atoms with van der Waals surface area (Å²) in [7, 11) is 1.62. The van der Waals surface area contributed by atoms with Crippen molar-refractivity contribution in [1.29, 1.82) is 0 Å². The molecule has 3 heteroatoms. The SMILES string of the molecule is CCc1ccc(OC[C@@H](C)O)c(OC)c1. The lowest BCUT2D eigenvalue weighted by Crippen LogP contribution is -2.13. The number of aliphatic hydroxyl groups is 1. The lowest BCUT2D eigenvalue weighted by Gasteiger charge is -2.12. The normalized spacial score (nSPS) is 12.3. The van der Waals surface area contributed by atoms with Gasteiger partial charge in [0.05, 0.1) is 13.2 Å². The molecule has 0 aliphatic rings. The Hall–Kier alpha value is -1.22. The molecule has 0 saturated heterocycles. The van der Waals surface area contributed by atoms with Crippen LogP contribution in [0.3, 0.4) is 0 Å². The van der Waals surface area contributed by atoms with E-state index in [1.807, 2.05) is 18.2 Å². The first kappa shape index (κ1) is 11.9. The number of benzene rings is 1. The van der Waals surface area contributed by atoms with E-state index in [0.29, 0.717) is 5.75 Å². The highest BCUT2D eigenvalue weighted by Crippen LogP contribution is 2.28. The molecule has 0 aromatic heterocycles. The fourth-order valence-corrected chi connectivity index (χ4v) is 1.26. The zero-order valence-electron chi connectivity index (χ0n) is 9.49. The van der Waals surface area contributed by atoms with E-state index < -0.39 is 6.10 Å². The third kappa shape index (κ3) is 3.44. The van der Waals surface area contributed by atoms with Gasteiger partial charge in [0.2, 0.25) is 0 Å². The van der Waals surface area contributed by atoms with E-state index in [1.54, 1.807) is 14.0 Å². The van der Waals surface area contributed by atoms with Crippen molar-refractivity contribution in [2.24, 2.45) is 0 Å². The van der Waals surface area contributed by atoms with Crippen LogP contribution in [0.25, 0.3) is 0 Å². The number of methoxy groups -OCH3 is 1. The molecule has 15 heavy (non-hydrogen) atoms. The standard InChI is InChI=1S/C12H18O3/c1-4-10-5-6-11(12(7-10)14-3)15-8-9(2)13/h5-7,9,13H,4,8H2,1-3H3/t9-/m1/s1. The average molecular weight is 210 g/mol. The van der Waals surface area contributed by atoms with Gasteiger partial charge in [-0.3, -0.25) is 0 Å². The van der Waals surface area contributed by atoms with Gasteiger partial charge in [-0.2, -0.15) is 0 Å². The van der Waals surface area contributed by atoms with Crippen molar-refractivity contribution in [3.05, 3.63) is 23.8 Å². The molecule has 0 saturated carbocycles. The van der Waals surface area contributed by atoms with E-state index >= 15 is 0 Å². The predicted octanol–water partition coefficient (Wildman–Crippen LogP) is 2.02. The van der Waals surface area contributed by atoms with E-state index in [-0.39, 0.29) is 6.61 Å². The zero-order valence-corrected chi connectivity index (χ0v) is 9.49. The Morgan fingerprint density at radius 3 is 2.60 bits per heavy atom. The summed E-state index contributed by atoms with van der Waals surface area (Å²) < 4.78 is 10.6. The van der Waals surface area contributed by atoms with Gasteiger partial charge in [-0.25, -0.2) is 0 Å². The van der Waals surface area contributed by atoms with E-state index in [9.17, 15) is 0 Å². The van der Waals surface area contributed by atoms with E-state index in [4.69, 9.17) is 14.6 Å². The monoisotopic (exact) mass is 210 g/mol. The summed E-state index contributed by atoms with van der Waals surface area (Å²) in [5.74, 6) is 1.39. The first-order chi connectivity index (χ1) is 7.17. The molecule has 1 aromatic rings. The number of hydrogen-bond acceptors (Lipinski definition) is 3. The van der Waals surface area contributed by atoms with Crippen LogP contribution in [0.1, 0.15) is 19.4 Å². The van der Waals surface area contributed by atoms with Gasteiger partial charge in [0.1, 0.15) is 6.61 Å². The Labute approximate surface area is 90.6 Å². The summed E-state index contributed by atoms with van der Waals surface area (Å²) in [5, 5.41) is 9.11. The van der Waals surface area contributed by atoms with Gasteiger partial charge in [0, 0.05) is 0 Å². The molecule has 84 valence electrons. The summed E-state index contributed by atoms with van der Waals surface area (Å²) in [6.07, 6.45) is 0.494. The highest BCUT2D eigenvalue weighted by molar-refractivity contribution is 5.42. The van der Waals surface area contributed by atoms with Crippen LogP contribution in [0.4, 0.5) is 0 Å². The Bertz CT molecular complexity index is 308. The quantitative estimate of drug-likeness (QED) is 0.808. The van der Waals surface area contributed by atoms with Gasteiger partial charge in [-0.1, -0.05) is 13.0 Å². The molecule has 0 amide bonds. The molecule has 0 radical (unpaired) electrons. The molecular formula is C12H18O3. The lowest BCUT2D eigenvalue weighted by molar-refractivity contribution is 0.120. The molecule has 1 atom stereocenters. The molecule has 0 heterocycles. The smallest absolute Gasteiger partial charge is 0.161 e. The summed E-state index contributed by atoms with van der Waals surface area (Å²) in [4.78, 5) is 0. The first-order valence-corrected chi connectivity index (χ1v) is 5.15. The highest BCUT2D eigenvalue weighted by atomic mass is 16.5. The molecular weight excluding hydrogens is 192 g/mol. The van der Waals surface area contributed by atoms with Gasteiger partial charge in [-0.15, -0.1) is 0 Å². The Morgan fingerprint density at radius 2 is 2.07 bits per heavy atom. The van der Waals surface area contributed by atoms with Crippen LogP contribution in [-0.2, 0) is 6.42 Å². The second-order valence-corrected chi connectivity index (χ2v) is 3.50. The molecule has 0 aliphatic carbocycles. The molecule has 3 nitrogen and oxygen atoms in total. The largest absolute Gasteiger partial charge is 0.493 e. The number of aryl methyl sites for hydroxylation is 1. The summed E-state index contributed by atoms with van der Waals surface area (Å²) >= 11 is 0. The molecule has 0 bridgehead atoms. The maximum Gasteiger partial charge on any atom is 0.161 e. The van der Waals surface area contributed by atoms with Crippen LogP contribution in [0.5, 0.6) is 11.5 Å². The van der Waals surface area contributed by atoms with E-state index in [2.05, 4.69) is 6.92 Å². The number of ether oxygens (including phenoxy) is 2. The Balaban J connectivity index is 2.78. The summed E-state index contributed by atoms with van der Waals surface area (Å²) in [5.41, 5.74) is 1.20. The predicted molar refractivity (Wildman–Crippen MR) is 59.5 cm³/mol. The van der Waals surface area contributed by atoms with Gasteiger partial charge in [0.15, 0.2) is 11.5 Å². The minimum atomic E-state index is -0.472.